The zero-order chi connectivity index (χ0) is 9.02. The number of rotatable bonds is 3. The molecular weight excluding hydrogens is 214 g/mol. The summed E-state index contributed by atoms with van der Waals surface area (Å²) in [7, 11) is 0. The first-order valence-corrected chi connectivity index (χ1v) is 3.93. The molecule has 0 aromatic heterocycles. The first-order chi connectivity index (χ1) is 4.95. The van der Waals surface area contributed by atoms with Crippen LogP contribution in [0.25, 0.3) is 0 Å². The van der Waals surface area contributed by atoms with Crippen molar-refractivity contribution >= 4 is 26.7 Å². The Hall–Kier alpha value is -0.580. The lowest BCUT2D eigenvalue weighted by atomic mass is 10.1. The summed E-state index contributed by atoms with van der Waals surface area (Å²) in [4.78, 5) is 20.8. The summed E-state index contributed by atoms with van der Waals surface area (Å²) >= 11 is 2.71. The maximum atomic E-state index is 10.7. The molecule has 1 amide bonds. The third-order valence-electron chi connectivity index (χ3n) is 1.19. The van der Waals surface area contributed by atoms with Crippen LogP contribution in [0.3, 0.4) is 0 Å². The maximum Gasteiger partial charge on any atom is 0.405 e. The van der Waals surface area contributed by atoms with Gasteiger partial charge >= 0.3 is 6.09 Å². The second kappa shape index (κ2) is 4.33. The summed E-state index contributed by atoms with van der Waals surface area (Å²) in [5.41, 5.74) is 0. The molecule has 0 aliphatic heterocycles. The second-order valence-corrected chi connectivity index (χ2v) is 3.26. The second-order valence-electron chi connectivity index (χ2n) is 2.48. The largest absolute Gasteiger partial charge is 0.465 e. The predicted octanol–water partition coefficient (Wildman–Crippen LogP) is 1.20. The molecule has 0 radical (unpaired) electrons. The first kappa shape index (κ1) is 10.4. The molecule has 64 valence electrons. The minimum Gasteiger partial charge on any atom is -0.465 e. The number of nitrogens with one attached hydrogen (secondary N) is 1. The van der Waals surface area contributed by atoms with Crippen molar-refractivity contribution in [1.29, 1.82) is 0 Å². The number of carbonyl (C=O) groups is 2. The third kappa shape index (κ3) is 3.98. The molecule has 0 bridgehead atoms. The molecule has 0 spiro atoms. The van der Waals surface area contributed by atoms with Gasteiger partial charge in [0.25, 0.3) is 0 Å². The van der Waals surface area contributed by atoms with E-state index in [1.807, 2.05) is 0 Å². The van der Waals surface area contributed by atoms with Crippen LogP contribution >= 0.6 is 15.9 Å². The van der Waals surface area contributed by atoms with Gasteiger partial charge in [0.1, 0.15) is 6.04 Å². The lowest BCUT2D eigenvalue weighted by molar-refractivity contribution is -0.112. The van der Waals surface area contributed by atoms with Gasteiger partial charge in [0.15, 0.2) is 0 Å². The van der Waals surface area contributed by atoms with Gasteiger partial charge in [-0.2, -0.15) is 0 Å². The molecule has 4 nitrogen and oxygen atoms in total. The first-order valence-electron chi connectivity index (χ1n) is 3.14. The van der Waals surface area contributed by atoms with E-state index in [-0.39, 0.29) is 10.6 Å². The predicted molar refractivity (Wildman–Crippen MR) is 43.7 cm³/mol. The van der Waals surface area contributed by atoms with Crippen molar-refractivity contribution < 1.29 is 14.7 Å². The Bertz CT molecular complexity index is 169. The van der Waals surface area contributed by atoms with Crippen LogP contribution in [-0.2, 0) is 4.79 Å². The Morgan fingerprint density at radius 1 is 1.45 bits per heavy atom. The van der Waals surface area contributed by atoms with Gasteiger partial charge in [0, 0.05) is 0 Å². The fraction of sp³-hybridized carbons (Fsp3) is 0.667. The molecule has 0 aromatic rings. The number of hydrogen-bond donors (Lipinski definition) is 2. The molecule has 11 heavy (non-hydrogen) atoms. The van der Waals surface area contributed by atoms with Crippen LogP contribution in [-0.4, -0.2) is 21.9 Å². The van der Waals surface area contributed by atoms with Crippen LogP contribution in [0.1, 0.15) is 13.8 Å². The van der Waals surface area contributed by atoms with E-state index in [4.69, 9.17) is 5.11 Å². The molecule has 5 heteroatoms. The Balaban J connectivity index is 4.12. The zero-order valence-corrected chi connectivity index (χ0v) is 7.88. The Labute approximate surface area is 73.1 Å². The van der Waals surface area contributed by atoms with Crippen LogP contribution < -0.4 is 5.32 Å². The fourth-order valence-corrected chi connectivity index (χ4v) is 1.26. The minimum atomic E-state index is -1.18. The highest BCUT2D eigenvalue weighted by molar-refractivity contribution is 9.18. The summed E-state index contributed by atoms with van der Waals surface area (Å²) in [6.45, 7) is 3.53. The summed E-state index contributed by atoms with van der Waals surface area (Å²) in [6, 6.07) is -0.660. The van der Waals surface area contributed by atoms with Gasteiger partial charge in [-0.3, -0.25) is 4.79 Å². The van der Waals surface area contributed by atoms with E-state index in [0.717, 1.165) is 0 Å². The van der Waals surface area contributed by atoms with Gasteiger partial charge in [0.05, 0.1) is 0 Å². The van der Waals surface area contributed by atoms with E-state index in [2.05, 4.69) is 21.2 Å². The van der Waals surface area contributed by atoms with Crippen molar-refractivity contribution in [3.8, 4) is 0 Å². The standard InChI is InChI=1S/C6H10BrNO3/c1-3(2)4(5(7)9)8-6(10)11/h3-4,8H,1-2H3,(H,10,11). The van der Waals surface area contributed by atoms with Crippen LogP contribution in [0.4, 0.5) is 4.79 Å². The SMILES string of the molecule is CC(C)C(NC(=O)O)C(=O)Br. The lowest BCUT2D eigenvalue weighted by Crippen LogP contribution is -2.41. The van der Waals surface area contributed by atoms with Crippen LogP contribution in [0, 0.1) is 5.92 Å². The zero-order valence-electron chi connectivity index (χ0n) is 6.30. The van der Waals surface area contributed by atoms with Crippen molar-refractivity contribution in [3.05, 3.63) is 0 Å². The summed E-state index contributed by atoms with van der Waals surface area (Å²) < 4.78 is -0.338. The Morgan fingerprint density at radius 3 is 2.00 bits per heavy atom. The topological polar surface area (TPSA) is 66.4 Å². The lowest BCUT2D eigenvalue weighted by Gasteiger charge is -2.15. The number of halogens is 1. The molecule has 1 atom stereocenters. The average molecular weight is 224 g/mol. The minimum absolute atomic E-state index is 0.0435. The Morgan fingerprint density at radius 2 is 1.91 bits per heavy atom. The van der Waals surface area contributed by atoms with Gasteiger partial charge in [-0.05, 0) is 21.8 Å². The van der Waals surface area contributed by atoms with Gasteiger partial charge in [-0.15, -0.1) is 0 Å². The monoisotopic (exact) mass is 223 g/mol. The van der Waals surface area contributed by atoms with Crippen LogP contribution in [0.2, 0.25) is 0 Å². The van der Waals surface area contributed by atoms with E-state index >= 15 is 0 Å². The van der Waals surface area contributed by atoms with Crippen molar-refractivity contribution in [2.75, 3.05) is 0 Å². The number of amides is 1. The summed E-state index contributed by atoms with van der Waals surface area (Å²) in [5, 5.41) is 10.4. The summed E-state index contributed by atoms with van der Waals surface area (Å²) in [6.07, 6.45) is -1.18. The number of hydrogen-bond acceptors (Lipinski definition) is 2. The molecule has 0 rings (SSSR count). The molecule has 2 N–H and O–H groups in total. The quantitative estimate of drug-likeness (QED) is 0.707. The molecule has 0 aliphatic carbocycles. The fourth-order valence-electron chi connectivity index (χ4n) is 0.619. The van der Waals surface area contributed by atoms with Gasteiger partial charge < -0.3 is 10.4 Å². The van der Waals surface area contributed by atoms with Crippen molar-refractivity contribution in [2.45, 2.75) is 19.9 Å². The molecule has 0 saturated carbocycles. The molecule has 0 heterocycles. The van der Waals surface area contributed by atoms with E-state index < -0.39 is 12.1 Å². The molecule has 0 fully saturated rings. The van der Waals surface area contributed by atoms with E-state index in [1.165, 1.54) is 0 Å². The van der Waals surface area contributed by atoms with Crippen LogP contribution in [0.15, 0.2) is 0 Å². The third-order valence-corrected chi connectivity index (χ3v) is 1.68. The van der Waals surface area contributed by atoms with E-state index in [0.29, 0.717) is 0 Å². The summed E-state index contributed by atoms with van der Waals surface area (Å²) in [5.74, 6) is -0.0435. The van der Waals surface area contributed by atoms with Gasteiger partial charge in [0.2, 0.25) is 4.69 Å². The molecule has 0 saturated heterocycles. The molecule has 0 aliphatic rings. The highest BCUT2D eigenvalue weighted by atomic mass is 79.9. The van der Waals surface area contributed by atoms with Crippen molar-refractivity contribution in [1.82, 2.24) is 5.32 Å². The van der Waals surface area contributed by atoms with E-state index in [1.54, 1.807) is 13.8 Å². The smallest absolute Gasteiger partial charge is 0.405 e. The van der Waals surface area contributed by atoms with Gasteiger partial charge in [-0.1, -0.05) is 13.8 Å². The Kier molecular flexibility index (Phi) is 4.10. The highest BCUT2D eigenvalue weighted by Crippen LogP contribution is 2.06. The molecular formula is C6H10BrNO3. The molecule has 0 aromatic carbocycles. The van der Waals surface area contributed by atoms with Gasteiger partial charge in [-0.25, -0.2) is 4.79 Å². The van der Waals surface area contributed by atoms with Crippen molar-refractivity contribution in [2.24, 2.45) is 5.92 Å². The number of carbonyl (C=O) groups excluding carboxylic acids is 1. The molecule has 1 unspecified atom stereocenters. The number of carboxylic acid groups (broad SMARTS) is 1. The van der Waals surface area contributed by atoms with Crippen molar-refractivity contribution in [3.63, 3.8) is 0 Å². The average Bonchev–Trinajstić information content (AvgIpc) is 1.81. The highest BCUT2D eigenvalue weighted by Gasteiger charge is 2.21. The van der Waals surface area contributed by atoms with Crippen LogP contribution in [0.5, 0.6) is 0 Å². The normalized spacial score (nSPS) is 12.7. The maximum absolute atomic E-state index is 10.7. The van der Waals surface area contributed by atoms with E-state index in [9.17, 15) is 9.59 Å².